The molecule has 0 N–H and O–H groups in total. The highest BCUT2D eigenvalue weighted by Crippen LogP contribution is 2.34. The van der Waals surface area contributed by atoms with Crippen molar-refractivity contribution in [2.45, 2.75) is 13.0 Å². The molecule has 0 aromatic heterocycles. The Labute approximate surface area is 111 Å². The fraction of sp³-hybridized carbons (Fsp3) is 0.455. The van der Waals surface area contributed by atoms with Crippen LogP contribution in [-0.2, 0) is 22.2 Å². The molecule has 18 heavy (non-hydrogen) atoms. The number of ether oxygens (including phenoxy) is 2. The molecular formula is C11H14ClNO4S. The number of halogens is 1. The van der Waals surface area contributed by atoms with E-state index in [0.29, 0.717) is 24.5 Å². The van der Waals surface area contributed by atoms with Crippen molar-refractivity contribution < 1.29 is 17.9 Å². The number of nitrogens with zero attached hydrogens (tertiary/aromatic N) is 1. The third kappa shape index (κ3) is 2.55. The van der Waals surface area contributed by atoms with Crippen LogP contribution in [0.4, 0.5) is 0 Å². The Morgan fingerprint density at radius 1 is 1.17 bits per heavy atom. The van der Waals surface area contributed by atoms with Gasteiger partial charge in [0.25, 0.3) is 9.24 Å². The smallest absolute Gasteiger partial charge is 0.300 e. The van der Waals surface area contributed by atoms with Gasteiger partial charge in [-0.2, -0.15) is 12.7 Å². The molecule has 0 saturated heterocycles. The maximum atomic E-state index is 11.3. The molecule has 0 spiro atoms. The molecule has 1 heterocycles. The average Bonchev–Trinajstić information content (AvgIpc) is 2.35. The summed E-state index contributed by atoms with van der Waals surface area (Å²) in [7, 11) is 4.80. The van der Waals surface area contributed by atoms with E-state index >= 15 is 0 Å². The molecule has 1 aliphatic rings. The monoisotopic (exact) mass is 291 g/mol. The summed E-state index contributed by atoms with van der Waals surface area (Å²) in [6.07, 6.45) is 0.613. The van der Waals surface area contributed by atoms with Crippen LogP contribution in [0.3, 0.4) is 0 Å². The van der Waals surface area contributed by atoms with Crippen LogP contribution in [0.1, 0.15) is 11.1 Å². The zero-order valence-corrected chi connectivity index (χ0v) is 11.7. The molecule has 2 rings (SSSR count). The third-order valence-corrected chi connectivity index (χ3v) is 4.51. The van der Waals surface area contributed by atoms with Gasteiger partial charge in [0.1, 0.15) is 0 Å². The molecule has 1 aliphatic heterocycles. The van der Waals surface area contributed by atoms with Crippen LogP contribution in [0.25, 0.3) is 0 Å². The van der Waals surface area contributed by atoms with E-state index in [9.17, 15) is 8.42 Å². The topological polar surface area (TPSA) is 55.8 Å². The molecule has 0 unspecified atom stereocenters. The van der Waals surface area contributed by atoms with E-state index in [1.807, 2.05) is 6.07 Å². The summed E-state index contributed by atoms with van der Waals surface area (Å²) >= 11 is 0. The lowest BCUT2D eigenvalue weighted by molar-refractivity contribution is 0.349. The normalized spacial score (nSPS) is 16.2. The van der Waals surface area contributed by atoms with Crippen LogP contribution < -0.4 is 9.47 Å². The van der Waals surface area contributed by atoms with Gasteiger partial charge in [-0.15, -0.1) is 0 Å². The molecule has 0 saturated carbocycles. The molecule has 0 amide bonds. The van der Waals surface area contributed by atoms with E-state index in [1.54, 1.807) is 20.3 Å². The molecule has 0 fully saturated rings. The summed E-state index contributed by atoms with van der Waals surface area (Å²) in [5, 5.41) is 0. The SMILES string of the molecule is COc1cc2c(cc1OC)CN(S(=O)(=O)Cl)CC2. The minimum absolute atomic E-state index is 0.265. The number of rotatable bonds is 3. The van der Waals surface area contributed by atoms with Crippen molar-refractivity contribution in [1.82, 2.24) is 4.31 Å². The van der Waals surface area contributed by atoms with Gasteiger partial charge in [0.15, 0.2) is 11.5 Å². The predicted octanol–water partition coefficient (Wildman–Crippen LogP) is 1.55. The molecule has 0 aliphatic carbocycles. The fourth-order valence-corrected chi connectivity index (χ4v) is 3.00. The summed E-state index contributed by atoms with van der Waals surface area (Å²) in [6, 6.07) is 3.68. The van der Waals surface area contributed by atoms with Crippen LogP contribution >= 0.6 is 10.7 Å². The van der Waals surface area contributed by atoms with Gasteiger partial charge in [-0.05, 0) is 29.7 Å². The van der Waals surface area contributed by atoms with Crippen LogP contribution in [0.2, 0.25) is 0 Å². The Bertz CT molecular complexity index is 558. The number of methoxy groups -OCH3 is 2. The Kier molecular flexibility index (Phi) is 3.70. The molecule has 0 bridgehead atoms. The van der Waals surface area contributed by atoms with Gasteiger partial charge in [-0.25, -0.2) is 0 Å². The van der Waals surface area contributed by atoms with Crippen molar-refractivity contribution in [2.75, 3.05) is 20.8 Å². The number of hydrogen-bond acceptors (Lipinski definition) is 4. The minimum atomic E-state index is -3.67. The van der Waals surface area contributed by atoms with Crippen LogP contribution in [0.15, 0.2) is 12.1 Å². The Morgan fingerprint density at radius 3 is 2.22 bits per heavy atom. The van der Waals surface area contributed by atoms with Crippen molar-refractivity contribution in [1.29, 1.82) is 0 Å². The standard InChI is InChI=1S/C11H14ClNO4S/c1-16-10-5-8-3-4-13(18(12,14)15)7-9(8)6-11(10)17-2/h5-6H,3-4,7H2,1-2H3. The van der Waals surface area contributed by atoms with Crippen molar-refractivity contribution in [3.8, 4) is 11.5 Å². The first-order chi connectivity index (χ1) is 8.45. The summed E-state index contributed by atoms with van der Waals surface area (Å²) in [5.41, 5.74) is 1.95. The molecule has 1 aromatic carbocycles. The second kappa shape index (κ2) is 4.95. The van der Waals surface area contributed by atoms with E-state index in [1.165, 1.54) is 4.31 Å². The number of fused-ring (bicyclic) bond motifs is 1. The molecule has 100 valence electrons. The van der Waals surface area contributed by atoms with E-state index < -0.39 is 9.24 Å². The third-order valence-electron chi connectivity index (χ3n) is 2.99. The van der Waals surface area contributed by atoms with Crippen LogP contribution in [-0.4, -0.2) is 33.5 Å². The molecular weight excluding hydrogens is 278 g/mol. The first-order valence-corrected chi connectivity index (χ1v) is 7.66. The van der Waals surface area contributed by atoms with Gasteiger partial charge in [-0.3, -0.25) is 0 Å². The lowest BCUT2D eigenvalue weighted by atomic mass is 10.0. The lowest BCUT2D eigenvalue weighted by Gasteiger charge is -2.26. The predicted molar refractivity (Wildman–Crippen MR) is 68.4 cm³/mol. The molecule has 7 heteroatoms. The van der Waals surface area contributed by atoms with E-state index in [0.717, 1.165) is 11.1 Å². The molecule has 5 nitrogen and oxygen atoms in total. The Balaban J connectivity index is 2.38. The highest BCUT2D eigenvalue weighted by molar-refractivity contribution is 8.11. The van der Waals surface area contributed by atoms with Crippen LogP contribution in [0.5, 0.6) is 11.5 Å². The Morgan fingerprint density at radius 2 is 1.72 bits per heavy atom. The average molecular weight is 292 g/mol. The molecule has 1 aromatic rings. The quantitative estimate of drug-likeness (QED) is 0.793. The van der Waals surface area contributed by atoms with Gasteiger partial charge in [-0.1, -0.05) is 0 Å². The first-order valence-electron chi connectivity index (χ1n) is 5.39. The van der Waals surface area contributed by atoms with Crippen molar-refractivity contribution in [3.05, 3.63) is 23.3 Å². The van der Waals surface area contributed by atoms with Crippen molar-refractivity contribution in [3.63, 3.8) is 0 Å². The molecule has 0 atom stereocenters. The zero-order chi connectivity index (χ0) is 13.3. The summed E-state index contributed by atoms with van der Waals surface area (Å²) in [4.78, 5) is 0. The van der Waals surface area contributed by atoms with Gasteiger partial charge >= 0.3 is 0 Å². The van der Waals surface area contributed by atoms with E-state index in [2.05, 4.69) is 0 Å². The van der Waals surface area contributed by atoms with Crippen LogP contribution in [0, 0.1) is 0 Å². The summed E-state index contributed by atoms with van der Waals surface area (Å²) in [5.74, 6) is 1.24. The lowest BCUT2D eigenvalue weighted by Crippen LogP contribution is -2.33. The number of hydrogen-bond donors (Lipinski definition) is 0. The Hall–Kier alpha value is -0.980. The maximum Gasteiger partial charge on any atom is 0.300 e. The minimum Gasteiger partial charge on any atom is -0.493 e. The van der Waals surface area contributed by atoms with Gasteiger partial charge in [0, 0.05) is 23.8 Å². The maximum absolute atomic E-state index is 11.3. The van der Waals surface area contributed by atoms with E-state index in [-0.39, 0.29) is 6.54 Å². The van der Waals surface area contributed by atoms with Crippen molar-refractivity contribution in [2.24, 2.45) is 0 Å². The fourth-order valence-electron chi connectivity index (χ4n) is 2.04. The first kappa shape index (κ1) is 13.5. The number of benzene rings is 1. The highest BCUT2D eigenvalue weighted by Gasteiger charge is 2.26. The van der Waals surface area contributed by atoms with E-state index in [4.69, 9.17) is 20.2 Å². The van der Waals surface area contributed by atoms with Gasteiger partial charge in [0.2, 0.25) is 0 Å². The zero-order valence-electron chi connectivity index (χ0n) is 10.1. The molecule has 0 radical (unpaired) electrons. The summed E-state index contributed by atoms with van der Waals surface area (Å²) in [6.45, 7) is 0.649. The summed E-state index contributed by atoms with van der Waals surface area (Å²) < 4.78 is 34.3. The second-order valence-electron chi connectivity index (χ2n) is 4.00. The second-order valence-corrected chi connectivity index (χ2v) is 6.51. The van der Waals surface area contributed by atoms with Gasteiger partial charge in [0.05, 0.1) is 14.2 Å². The largest absolute Gasteiger partial charge is 0.493 e. The van der Waals surface area contributed by atoms with Crippen molar-refractivity contribution >= 4 is 19.9 Å². The highest BCUT2D eigenvalue weighted by atomic mass is 35.7. The van der Waals surface area contributed by atoms with Gasteiger partial charge < -0.3 is 9.47 Å².